The number of hydrogen-bond donors (Lipinski definition) is 1. The SMILES string of the molecule is CCOC(=O)c1ccc(C(Nc2ccccn2)c2cc(Cl)c3cccnc3c2)cc1. The molecule has 0 aliphatic heterocycles. The monoisotopic (exact) mass is 417 g/mol. The largest absolute Gasteiger partial charge is 0.462 e. The van der Waals surface area contributed by atoms with Gasteiger partial charge in [-0.1, -0.05) is 29.8 Å². The van der Waals surface area contributed by atoms with Gasteiger partial charge in [0.15, 0.2) is 0 Å². The standard InChI is InChI=1S/C24H20ClN3O2/c1-2-30-24(29)17-10-8-16(9-11-17)23(28-22-7-3-4-12-27-22)18-14-20(25)19-6-5-13-26-21(19)15-18/h3-15,23H,2H2,1H3,(H,27,28). The van der Waals surface area contributed by atoms with Gasteiger partial charge >= 0.3 is 5.97 Å². The first-order chi connectivity index (χ1) is 14.7. The zero-order valence-electron chi connectivity index (χ0n) is 16.4. The summed E-state index contributed by atoms with van der Waals surface area (Å²) in [6.07, 6.45) is 3.48. The van der Waals surface area contributed by atoms with Gasteiger partial charge in [-0.25, -0.2) is 9.78 Å². The molecule has 2 aromatic heterocycles. The van der Waals surface area contributed by atoms with Crippen LogP contribution in [0.5, 0.6) is 0 Å². The molecule has 4 aromatic rings. The molecule has 0 spiro atoms. The number of halogens is 1. The molecule has 150 valence electrons. The van der Waals surface area contributed by atoms with E-state index < -0.39 is 0 Å². The predicted molar refractivity (Wildman–Crippen MR) is 119 cm³/mol. The van der Waals surface area contributed by atoms with Crippen molar-refractivity contribution >= 4 is 34.3 Å². The molecule has 5 nitrogen and oxygen atoms in total. The number of pyridine rings is 2. The molecular weight excluding hydrogens is 398 g/mol. The second-order valence-electron chi connectivity index (χ2n) is 6.71. The minimum Gasteiger partial charge on any atom is -0.462 e. The number of fused-ring (bicyclic) bond motifs is 1. The summed E-state index contributed by atoms with van der Waals surface area (Å²) in [5, 5.41) is 4.99. The average molecular weight is 418 g/mol. The van der Waals surface area contributed by atoms with Gasteiger partial charge in [-0.2, -0.15) is 0 Å². The van der Waals surface area contributed by atoms with Crippen molar-refractivity contribution in [3.8, 4) is 0 Å². The van der Waals surface area contributed by atoms with Crippen LogP contribution < -0.4 is 5.32 Å². The average Bonchev–Trinajstić information content (AvgIpc) is 2.78. The molecule has 1 unspecified atom stereocenters. The van der Waals surface area contributed by atoms with E-state index in [1.54, 1.807) is 31.5 Å². The highest BCUT2D eigenvalue weighted by molar-refractivity contribution is 6.35. The lowest BCUT2D eigenvalue weighted by atomic mass is 9.96. The van der Waals surface area contributed by atoms with E-state index in [1.165, 1.54) is 0 Å². The summed E-state index contributed by atoms with van der Waals surface area (Å²) in [5.41, 5.74) is 3.23. The number of ether oxygens (including phenoxy) is 1. The molecule has 0 amide bonds. The smallest absolute Gasteiger partial charge is 0.338 e. The minimum absolute atomic E-state index is 0.236. The van der Waals surface area contributed by atoms with Crippen molar-refractivity contribution < 1.29 is 9.53 Å². The second-order valence-corrected chi connectivity index (χ2v) is 7.11. The maximum Gasteiger partial charge on any atom is 0.338 e. The number of nitrogens with zero attached hydrogens (tertiary/aromatic N) is 2. The van der Waals surface area contributed by atoms with Crippen LogP contribution in [0.4, 0.5) is 5.82 Å². The minimum atomic E-state index is -0.337. The van der Waals surface area contributed by atoms with Gasteiger partial charge in [-0.3, -0.25) is 4.98 Å². The molecule has 0 aliphatic carbocycles. The third-order valence-electron chi connectivity index (χ3n) is 4.74. The number of aromatic nitrogens is 2. The Balaban J connectivity index is 1.76. The summed E-state index contributed by atoms with van der Waals surface area (Å²) in [4.78, 5) is 20.8. The zero-order chi connectivity index (χ0) is 20.9. The molecule has 1 atom stereocenters. The van der Waals surface area contributed by atoms with Crippen molar-refractivity contribution in [3.05, 3.63) is 101 Å². The fourth-order valence-electron chi connectivity index (χ4n) is 3.31. The van der Waals surface area contributed by atoms with Crippen LogP contribution in [0, 0.1) is 0 Å². The topological polar surface area (TPSA) is 64.1 Å². The maximum absolute atomic E-state index is 12.0. The van der Waals surface area contributed by atoms with Crippen LogP contribution >= 0.6 is 11.6 Å². The number of carbonyl (C=O) groups excluding carboxylic acids is 1. The Morgan fingerprint density at radius 2 is 1.80 bits per heavy atom. The lowest BCUT2D eigenvalue weighted by molar-refractivity contribution is 0.0526. The normalized spacial score (nSPS) is 11.8. The summed E-state index contributed by atoms with van der Waals surface area (Å²) in [6, 6.07) is 20.6. The third kappa shape index (κ3) is 4.26. The molecule has 1 N–H and O–H groups in total. The van der Waals surface area contributed by atoms with Crippen LogP contribution in [0.3, 0.4) is 0 Å². The lowest BCUT2D eigenvalue weighted by Gasteiger charge is -2.21. The molecule has 0 radical (unpaired) electrons. The Bertz CT molecular complexity index is 1160. The first-order valence-corrected chi connectivity index (χ1v) is 10.0. The van der Waals surface area contributed by atoms with E-state index in [2.05, 4.69) is 15.3 Å². The van der Waals surface area contributed by atoms with Gasteiger partial charge in [0.25, 0.3) is 0 Å². The highest BCUT2D eigenvalue weighted by Crippen LogP contribution is 2.32. The molecule has 0 aliphatic rings. The van der Waals surface area contributed by atoms with Crippen LogP contribution in [-0.4, -0.2) is 22.5 Å². The summed E-state index contributed by atoms with van der Waals surface area (Å²) < 4.78 is 5.08. The van der Waals surface area contributed by atoms with Crippen molar-refractivity contribution in [1.82, 2.24) is 9.97 Å². The number of rotatable bonds is 6. The van der Waals surface area contributed by atoms with Gasteiger partial charge in [0.05, 0.1) is 28.8 Å². The first kappa shape index (κ1) is 19.9. The van der Waals surface area contributed by atoms with Gasteiger partial charge in [0, 0.05) is 17.8 Å². The van der Waals surface area contributed by atoms with E-state index in [0.717, 1.165) is 27.8 Å². The summed E-state index contributed by atoms with van der Waals surface area (Å²) in [5.74, 6) is 0.394. The van der Waals surface area contributed by atoms with Crippen molar-refractivity contribution in [3.63, 3.8) is 0 Å². The number of nitrogens with one attached hydrogen (secondary N) is 1. The van der Waals surface area contributed by atoms with Gasteiger partial charge in [-0.05, 0) is 66.6 Å². The zero-order valence-corrected chi connectivity index (χ0v) is 17.1. The Hall–Kier alpha value is -3.44. The highest BCUT2D eigenvalue weighted by atomic mass is 35.5. The molecule has 30 heavy (non-hydrogen) atoms. The fourth-order valence-corrected chi connectivity index (χ4v) is 3.59. The molecular formula is C24H20ClN3O2. The van der Waals surface area contributed by atoms with Crippen molar-refractivity contribution in [2.24, 2.45) is 0 Å². The maximum atomic E-state index is 12.0. The van der Waals surface area contributed by atoms with Gasteiger partial charge in [0.2, 0.25) is 0 Å². The van der Waals surface area contributed by atoms with E-state index in [1.807, 2.05) is 54.6 Å². The van der Waals surface area contributed by atoms with E-state index >= 15 is 0 Å². The van der Waals surface area contributed by atoms with Gasteiger partial charge in [0.1, 0.15) is 5.82 Å². The Morgan fingerprint density at radius 1 is 1.00 bits per heavy atom. The molecule has 0 bridgehead atoms. The van der Waals surface area contributed by atoms with Crippen molar-refractivity contribution in [2.45, 2.75) is 13.0 Å². The summed E-state index contributed by atoms with van der Waals surface area (Å²) in [7, 11) is 0. The van der Waals surface area contributed by atoms with Crippen molar-refractivity contribution in [1.29, 1.82) is 0 Å². The number of anilines is 1. The number of carbonyl (C=O) groups is 1. The van der Waals surface area contributed by atoms with Crippen LogP contribution in [0.25, 0.3) is 10.9 Å². The van der Waals surface area contributed by atoms with E-state index in [4.69, 9.17) is 16.3 Å². The van der Waals surface area contributed by atoms with Crippen LogP contribution in [0.1, 0.15) is 34.5 Å². The van der Waals surface area contributed by atoms with E-state index in [9.17, 15) is 4.79 Å². The van der Waals surface area contributed by atoms with Gasteiger partial charge in [-0.15, -0.1) is 0 Å². The van der Waals surface area contributed by atoms with Crippen LogP contribution in [0.2, 0.25) is 5.02 Å². The molecule has 0 saturated carbocycles. The fraction of sp³-hybridized carbons (Fsp3) is 0.125. The lowest BCUT2D eigenvalue weighted by Crippen LogP contribution is -2.14. The van der Waals surface area contributed by atoms with Gasteiger partial charge < -0.3 is 10.1 Å². The molecule has 2 heterocycles. The molecule has 0 saturated heterocycles. The summed E-state index contributed by atoms with van der Waals surface area (Å²) >= 11 is 6.55. The van der Waals surface area contributed by atoms with Crippen LogP contribution in [0.15, 0.2) is 79.1 Å². The molecule has 6 heteroatoms. The molecule has 4 rings (SSSR count). The summed E-state index contributed by atoms with van der Waals surface area (Å²) in [6.45, 7) is 2.13. The first-order valence-electron chi connectivity index (χ1n) is 9.64. The Labute approximate surface area is 179 Å². The third-order valence-corrected chi connectivity index (χ3v) is 5.05. The highest BCUT2D eigenvalue weighted by Gasteiger charge is 2.18. The number of esters is 1. The van der Waals surface area contributed by atoms with E-state index in [-0.39, 0.29) is 12.0 Å². The number of hydrogen-bond acceptors (Lipinski definition) is 5. The van der Waals surface area contributed by atoms with E-state index in [0.29, 0.717) is 17.2 Å². The van der Waals surface area contributed by atoms with Crippen LogP contribution in [-0.2, 0) is 4.74 Å². The second kappa shape index (κ2) is 8.93. The number of benzene rings is 2. The molecule has 0 fully saturated rings. The van der Waals surface area contributed by atoms with Crippen molar-refractivity contribution in [2.75, 3.05) is 11.9 Å². The predicted octanol–water partition coefficient (Wildman–Crippen LogP) is 5.66. The Kier molecular flexibility index (Phi) is 5.91. The quantitative estimate of drug-likeness (QED) is 0.410. The molecule has 2 aromatic carbocycles. The Morgan fingerprint density at radius 3 is 2.53 bits per heavy atom.